The van der Waals surface area contributed by atoms with E-state index >= 15 is 0 Å². The lowest BCUT2D eigenvalue weighted by atomic mass is 9.94. The van der Waals surface area contributed by atoms with Crippen molar-refractivity contribution < 1.29 is 14.3 Å². The number of carbonyl (C=O) groups is 2. The first kappa shape index (κ1) is 13.8. The second kappa shape index (κ2) is 6.47. The van der Waals surface area contributed by atoms with Crippen molar-refractivity contribution >= 4 is 12.0 Å². The van der Waals surface area contributed by atoms with Crippen molar-refractivity contribution in [3.05, 3.63) is 0 Å². The summed E-state index contributed by atoms with van der Waals surface area (Å²) in [5.41, 5.74) is 0. The largest absolute Gasteiger partial charge is 0.453 e. The summed E-state index contributed by atoms with van der Waals surface area (Å²) in [5, 5.41) is 0. The minimum Gasteiger partial charge on any atom is -0.453 e. The Morgan fingerprint density at radius 3 is 2.29 bits per heavy atom. The predicted molar refractivity (Wildman–Crippen MR) is 64.7 cm³/mol. The van der Waals surface area contributed by atoms with Gasteiger partial charge in [0.05, 0.1) is 7.11 Å². The molecule has 0 aliphatic heterocycles. The predicted octanol–water partition coefficient (Wildman–Crippen LogP) is 1.48. The lowest BCUT2D eigenvalue weighted by Gasteiger charge is -2.32. The number of carbonyl (C=O) groups excluding carboxylic acids is 2. The average Bonchev–Trinajstić information content (AvgIpc) is 2.37. The Kier molecular flexibility index (Phi) is 5.25. The highest BCUT2D eigenvalue weighted by Crippen LogP contribution is 2.21. The molecule has 1 saturated carbocycles. The second-order valence-corrected chi connectivity index (χ2v) is 4.62. The molecule has 5 heteroatoms. The summed E-state index contributed by atoms with van der Waals surface area (Å²) in [4.78, 5) is 26.2. The van der Waals surface area contributed by atoms with E-state index in [2.05, 4.69) is 4.74 Å². The number of rotatable bonds is 3. The van der Waals surface area contributed by atoms with Crippen LogP contribution in [0.3, 0.4) is 0 Å². The Hall–Kier alpha value is -1.26. The highest BCUT2D eigenvalue weighted by atomic mass is 16.5. The zero-order valence-corrected chi connectivity index (χ0v) is 10.9. The number of ether oxygens (including phenoxy) is 1. The fraction of sp³-hybridized carbons (Fsp3) is 0.833. The van der Waals surface area contributed by atoms with Crippen LogP contribution in [0.15, 0.2) is 0 Å². The van der Waals surface area contributed by atoms with Crippen LogP contribution in [0.2, 0.25) is 0 Å². The molecule has 0 bridgehead atoms. The van der Waals surface area contributed by atoms with Crippen LogP contribution in [-0.4, -0.2) is 55.6 Å². The van der Waals surface area contributed by atoms with Crippen LogP contribution in [0, 0.1) is 0 Å². The van der Waals surface area contributed by atoms with Gasteiger partial charge in [-0.3, -0.25) is 4.79 Å². The first-order valence-corrected chi connectivity index (χ1v) is 6.11. The molecule has 0 aromatic heterocycles. The highest BCUT2D eigenvalue weighted by Gasteiger charge is 2.23. The van der Waals surface area contributed by atoms with Crippen LogP contribution in [0.5, 0.6) is 0 Å². The van der Waals surface area contributed by atoms with Crippen molar-refractivity contribution in [1.29, 1.82) is 0 Å². The summed E-state index contributed by atoms with van der Waals surface area (Å²) in [6.45, 7) is 0.0830. The van der Waals surface area contributed by atoms with E-state index in [1.54, 1.807) is 11.9 Å². The van der Waals surface area contributed by atoms with E-state index in [0.717, 1.165) is 12.8 Å². The standard InChI is InChI=1S/C12H22N2O3/c1-13(12(16)17-3)9-11(15)14(2)10-7-5-4-6-8-10/h10H,4-9H2,1-3H3. The molecule has 0 saturated heterocycles. The van der Waals surface area contributed by atoms with Gasteiger partial charge in [-0.25, -0.2) is 4.79 Å². The van der Waals surface area contributed by atoms with Gasteiger partial charge in [0.1, 0.15) is 6.54 Å². The van der Waals surface area contributed by atoms with Crippen LogP contribution >= 0.6 is 0 Å². The monoisotopic (exact) mass is 242 g/mol. The molecular weight excluding hydrogens is 220 g/mol. The minimum absolute atomic E-state index is 0.0233. The van der Waals surface area contributed by atoms with Crippen LogP contribution in [0.25, 0.3) is 0 Å². The van der Waals surface area contributed by atoms with Gasteiger partial charge in [0.15, 0.2) is 0 Å². The van der Waals surface area contributed by atoms with Gasteiger partial charge in [-0.05, 0) is 12.8 Å². The Bertz CT molecular complexity index is 275. The molecule has 0 aromatic carbocycles. The van der Waals surface area contributed by atoms with E-state index in [-0.39, 0.29) is 12.5 Å². The SMILES string of the molecule is COC(=O)N(C)CC(=O)N(C)C1CCCCC1. The van der Waals surface area contributed by atoms with E-state index < -0.39 is 6.09 Å². The molecule has 5 nitrogen and oxygen atoms in total. The molecular formula is C12H22N2O3. The molecule has 17 heavy (non-hydrogen) atoms. The molecule has 0 atom stereocenters. The van der Waals surface area contributed by atoms with Crippen LogP contribution in [0.1, 0.15) is 32.1 Å². The van der Waals surface area contributed by atoms with Gasteiger partial charge in [-0.1, -0.05) is 19.3 Å². The summed E-state index contributed by atoms with van der Waals surface area (Å²) < 4.78 is 4.55. The van der Waals surface area contributed by atoms with Gasteiger partial charge in [-0.2, -0.15) is 0 Å². The van der Waals surface area contributed by atoms with Gasteiger partial charge in [-0.15, -0.1) is 0 Å². The molecule has 1 aliphatic carbocycles. The van der Waals surface area contributed by atoms with Crippen molar-refractivity contribution in [1.82, 2.24) is 9.80 Å². The van der Waals surface area contributed by atoms with Gasteiger partial charge in [0.2, 0.25) is 5.91 Å². The molecule has 0 unspecified atom stereocenters. The van der Waals surface area contributed by atoms with Crippen molar-refractivity contribution in [2.45, 2.75) is 38.1 Å². The lowest BCUT2D eigenvalue weighted by Crippen LogP contribution is -2.44. The Balaban J connectivity index is 2.43. The number of amides is 2. The molecule has 0 radical (unpaired) electrons. The average molecular weight is 242 g/mol. The molecule has 0 spiro atoms. The molecule has 0 N–H and O–H groups in total. The normalized spacial score (nSPS) is 16.4. The topological polar surface area (TPSA) is 49.9 Å². The Morgan fingerprint density at radius 2 is 1.76 bits per heavy atom. The summed E-state index contributed by atoms with van der Waals surface area (Å²) in [6.07, 6.45) is 5.31. The first-order valence-electron chi connectivity index (χ1n) is 6.11. The van der Waals surface area contributed by atoms with Crippen molar-refractivity contribution in [3.63, 3.8) is 0 Å². The summed E-state index contributed by atoms with van der Waals surface area (Å²) >= 11 is 0. The molecule has 1 rings (SSSR count). The van der Waals surface area contributed by atoms with Gasteiger partial charge >= 0.3 is 6.09 Å². The van der Waals surface area contributed by atoms with Crippen LogP contribution < -0.4 is 0 Å². The fourth-order valence-electron chi connectivity index (χ4n) is 2.21. The zero-order valence-electron chi connectivity index (χ0n) is 10.9. The number of likely N-dealkylation sites (N-methyl/N-ethyl adjacent to an activating group) is 2. The number of hydrogen-bond donors (Lipinski definition) is 0. The Morgan fingerprint density at radius 1 is 1.18 bits per heavy atom. The first-order chi connectivity index (χ1) is 8.06. The molecule has 1 fully saturated rings. The molecule has 98 valence electrons. The van der Waals surface area contributed by atoms with Gasteiger partial charge in [0.25, 0.3) is 0 Å². The third kappa shape index (κ3) is 3.91. The van der Waals surface area contributed by atoms with Crippen molar-refractivity contribution in [3.8, 4) is 0 Å². The van der Waals surface area contributed by atoms with E-state index in [0.29, 0.717) is 6.04 Å². The van der Waals surface area contributed by atoms with E-state index in [9.17, 15) is 9.59 Å². The number of nitrogens with zero attached hydrogens (tertiary/aromatic N) is 2. The fourth-order valence-corrected chi connectivity index (χ4v) is 2.21. The third-order valence-electron chi connectivity index (χ3n) is 3.37. The maximum atomic E-state index is 11.9. The highest BCUT2D eigenvalue weighted by molar-refractivity contribution is 5.82. The van der Waals surface area contributed by atoms with Crippen LogP contribution in [0.4, 0.5) is 4.79 Å². The number of methoxy groups -OCH3 is 1. The number of hydrogen-bond acceptors (Lipinski definition) is 3. The maximum Gasteiger partial charge on any atom is 0.409 e. The molecule has 0 heterocycles. The molecule has 2 amide bonds. The molecule has 1 aliphatic rings. The van der Waals surface area contributed by atoms with E-state index in [1.165, 1.54) is 31.3 Å². The summed E-state index contributed by atoms with van der Waals surface area (Å²) in [5.74, 6) is -0.0233. The third-order valence-corrected chi connectivity index (χ3v) is 3.37. The van der Waals surface area contributed by atoms with Crippen molar-refractivity contribution in [2.24, 2.45) is 0 Å². The lowest BCUT2D eigenvalue weighted by molar-refractivity contribution is -0.133. The summed E-state index contributed by atoms with van der Waals surface area (Å²) in [6, 6.07) is 0.335. The minimum atomic E-state index is -0.476. The maximum absolute atomic E-state index is 11.9. The quantitative estimate of drug-likeness (QED) is 0.753. The van der Waals surface area contributed by atoms with E-state index in [4.69, 9.17) is 0 Å². The Labute approximate surface area is 103 Å². The second-order valence-electron chi connectivity index (χ2n) is 4.62. The van der Waals surface area contributed by atoms with Crippen molar-refractivity contribution in [2.75, 3.05) is 27.7 Å². The zero-order chi connectivity index (χ0) is 12.8. The van der Waals surface area contributed by atoms with Crippen LogP contribution in [-0.2, 0) is 9.53 Å². The van der Waals surface area contributed by atoms with Gasteiger partial charge in [0, 0.05) is 20.1 Å². The van der Waals surface area contributed by atoms with Gasteiger partial charge < -0.3 is 14.5 Å². The smallest absolute Gasteiger partial charge is 0.409 e. The summed E-state index contributed by atoms with van der Waals surface area (Å²) in [7, 11) is 4.70. The van der Waals surface area contributed by atoms with E-state index in [1.807, 2.05) is 7.05 Å². The molecule has 0 aromatic rings.